The van der Waals surface area contributed by atoms with Crippen molar-refractivity contribution in [3.8, 4) is 0 Å². The molecule has 0 N–H and O–H groups in total. The topological polar surface area (TPSA) is 33.2 Å². The van der Waals surface area contributed by atoms with Gasteiger partial charge in [-0.05, 0) is 36.8 Å². The SMILES string of the molecule is Cc1cc(C=O)cnc1N1CC(C)CC(C)C1. The number of hydrogen-bond acceptors (Lipinski definition) is 3. The second-order valence-electron chi connectivity index (χ2n) is 5.38. The number of nitrogens with zero attached hydrogens (tertiary/aromatic N) is 2. The van der Waals surface area contributed by atoms with E-state index in [0.29, 0.717) is 17.4 Å². The Hall–Kier alpha value is -1.38. The summed E-state index contributed by atoms with van der Waals surface area (Å²) < 4.78 is 0. The summed E-state index contributed by atoms with van der Waals surface area (Å²) in [6, 6.07) is 1.92. The lowest BCUT2D eigenvalue weighted by molar-refractivity contribution is 0.112. The van der Waals surface area contributed by atoms with E-state index in [1.54, 1.807) is 6.20 Å². The molecule has 1 aliphatic heterocycles. The zero-order chi connectivity index (χ0) is 12.4. The minimum Gasteiger partial charge on any atom is -0.356 e. The van der Waals surface area contributed by atoms with Crippen molar-refractivity contribution in [2.75, 3.05) is 18.0 Å². The van der Waals surface area contributed by atoms with Gasteiger partial charge >= 0.3 is 0 Å². The van der Waals surface area contributed by atoms with Gasteiger partial charge in [-0.25, -0.2) is 4.98 Å². The number of anilines is 1. The Kier molecular flexibility index (Phi) is 3.46. The van der Waals surface area contributed by atoms with Crippen molar-refractivity contribution in [3.63, 3.8) is 0 Å². The molecule has 1 aromatic rings. The van der Waals surface area contributed by atoms with Crippen LogP contribution >= 0.6 is 0 Å². The first kappa shape index (κ1) is 12.1. The number of pyridine rings is 1. The molecule has 1 saturated heterocycles. The highest BCUT2D eigenvalue weighted by atomic mass is 16.1. The van der Waals surface area contributed by atoms with Gasteiger partial charge in [-0.1, -0.05) is 13.8 Å². The first-order valence-corrected chi connectivity index (χ1v) is 6.27. The smallest absolute Gasteiger partial charge is 0.151 e. The standard InChI is InChI=1S/C14H20N2O/c1-10-4-11(2)8-16(7-10)14-12(3)5-13(9-17)6-15-14/h5-6,9-11H,4,7-8H2,1-3H3. The Labute approximate surface area is 103 Å². The van der Waals surface area contributed by atoms with Crippen molar-refractivity contribution in [1.29, 1.82) is 0 Å². The van der Waals surface area contributed by atoms with Crippen LogP contribution in [-0.4, -0.2) is 24.4 Å². The Balaban J connectivity index is 2.24. The number of carbonyl (C=O) groups is 1. The van der Waals surface area contributed by atoms with Crippen LogP contribution in [0.15, 0.2) is 12.3 Å². The number of aromatic nitrogens is 1. The molecule has 2 unspecified atom stereocenters. The molecule has 17 heavy (non-hydrogen) atoms. The van der Waals surface area contributed by atoms with E-state index in [9.17, 15) is 4.79 Å². The molecule has 0 saturated carbocycles. The van der Waals surface area contributed by atoms with Gasteiger partial charge in [-0.3, -0.25) is 4.79 Å². The molecule has 3 heteroatoms. The van der Waals surface area contributed by atoms with Crippen LogP contribution in [0.5, 0.6) is 0 Å². The van der Waals surface area contributed by atoms with Crippen molar-refractivity contribution in [1.82, 2.24) is 4.98 Å². The van der Waals surface area contributed by atoms with Gasteiger partial charge in [0.15, 0.2) is 6.29 Å². The van der Waals surface area contributed by atoms with Crippen LogP contribution in [0.1, 0.15) is 36.2 Å². The van der Waals surface area contributed by atoms with Gasteiger partial charge in [-0.15, -0.1) is 0 Å². The molecule has 92 valence electrons. The van der Waals surface area contributed by atoms with E-state index in [1.165, 1.54) is 6.42 Å². The van der Waals surface area contributed by atoms with Gasteiger partial charge in [-0.2, -0.15) is 0 Å². The highest BCUT2D eigenvalue weighted by Gasteiger charge is 2.23. The fourth-order valence-corrected chi connectivity index (χ4v) is 2.82. The zero-order valence-electron chi connectivity index (χ0n) is 10.8. The molecule has 0 aliphatic carbocycles. The van der Waals surface area contributed by atoms with Crippen molar-refractivity contribution in [3.05, 3.63) is 23.4 Å². The van der Waals surface area contributed by atoms with Gasteiger partial charge in [0.25, 0.3) is 0 Å². The number of carbonyl (C=O) groups excluding carboxylic acids is 1. The Morgan fingerprint density at radius 2 is 2.00 bits per heavy atom. The number of hydrogen-bond donors (Lipinski definition) is 0. The van der Waals surface area contributed by atoms with E-state index in [1.807, 2.05) is 13.0 Å². The van der Waals surface area contributed by atoms with Gasteiger partial charge < -0.3 is 4.90 Å². The van der Waals surface area contributed by atoms with E-state index in [4.69, 9.17) is 0 Å². The molecule has 2 atom stereocenters. The summed E-state index contributed by atoms with van der Waals surface area (Å²) in [5, 5.41) is 0. The van der Waals surface area contributed by atoms with E-state index >= 15 is 0 Å². The highest BCUT2D eigenvalue weighted by Crippen LogP contribution is 2.27. The summed E-state index contributed by atoms with van der Waals surface area (Å²) in [4.78, 5) is 17.5. The lowest BCUT2D eigenvalue weighted by atomic mass is 9.91. The van der Waals surface area contributed by atoms with Gasteiger partial charge in [0.1, 0.15) is 5.82 Å². The number of rotatable bonds is 2. The normalized spacial score (nSPS) is 24.8. The van der Waals surface area contributed by atoms with Crippen LogP contribution < -0.4 is 4.90 Å². The first-order valence-electron chi connectivity index (χ1n) is 6.27. The molecule has 0 aromatic carbocycles. The van der Waals surface area contributed by atoms with E-state index < -0.39 is 0 Å². The quantitative estimate of drug-likeness (QED) is 0.735. The predicted octanol–water partition coefficient (Wildman–Crippen LogP) is 2.68. The van der Waals surface area contributed by atoms with Crippen LogP contribution in [0, 0.1) is 18.8 Å². The maximum absolute atomic E-state index is 10.7. The molecule has 1 aromatic heterocycles. The Morgan fingerprint density at radius 1 is 1.35 bits per heavy atom. The van der Waals surface area contributed by atoms with Crippen molar-refractivity contribution < 1.29 is 4.79 Å². The molecular weight excluding hydrogens is 212 g/mol. The molecule has 2 heterocycles. The van der Waals surface area contributed by atoms with Crippen LogP contribution in [0.2, 0.25) is 0 Å². The fraction of sp³-hybridized carbons (Fsp3) is 0.571. The van der Waals surface area contributed by atoms with Crippen molar-refractivity contribution in [2.24, 2.45) is 11.8 Å². The van der Waals surface area contributed by atoms with E-state index in [-0.39, 0.29) is 0 Å². The minimum absolute atomic E-state index is 0.657. The maximum atomic E-state index is 10.7. The minimum atomic E-state index is 0.657. The van der Waals surface area contributed by atoms with E-state index in [2.05, 4.69) is 23.7 Å². The first-order chi connectivity index (χ1) is 8.10. The van der Waals surface area contributed by atoms with Crippen LogP contribution in [0.4, 0.5) is 5.82 Å². The second-order valence-corrected chi connectivity index (χ2v) is 5.38. The van der Waals surface area contributed by atoms with E-state index in [0.717, 1.165) is 30.8 Å². The lowest BCUT2D eigenvalue weighted by Gasteiger charge is -2.36. The fourth-order valence-electron chi connectivity index (χ4n) is 2.82. The Morgan fingerprint density at radius 3 is 2.53 bits per heavy atom. The Bertz CT molecular complexity index is 407. The second kappa shape index (κ2) is 4.86. The van der Waals surface area contributed by atoms with Gasteiger partial charge in [0, 0.05) is 24.8 Å². The molecule has 0 bridgehead atoms. The molecular formula is C14H20N2O. The third-order valence-corrected chi connectivity index (χ3v) is 3.38. The summed E-state index contributed by atoms with van der Waals surface area (Å²) in [5.74, 6) is 2.46. The number of aldehydes is 1. The lowest BCUT2D eigenvalue weighted by Crippen LogP contribution is -2.39. The summed E-state index contributed by atoms with van der Waals surface area (Å²) in [6.45, 7) is 8.74. The average molecular weight is 232 g/mol. The molecule has 0 spiro atoms. The van der Waals surface area contributed by atoms with Crippen molar-refractivity contribution in [2.45, 2.75) is 27.2 Å². The summed E-state index contributed by atoms with van der Waals surface area (Å²) in [5.41, 5.74) is 1.75. The molecule has 0 amide bonds. The van der Waals surface area contributed by atoms with Crippen LogP contribution in [0.25, 0.3) is 0 Å². The average Bonchev–Trinajstić information content (AvgIpc) is 2.27. The monoisotopic (exact) mass is 232 g/mol. The summed E-state index contributed by atoms with van der Waals surface area (Å²) in [6.07, 6.45) is 3.81. The molecule has 0 radical (unpaired) electrons. The molecule has 2 rings (SSSR count). The van der Waals surface area contributed by atoms with Crippen molar-refractivity contribution >= 4 is 12.1 Å². The molecule has 1 aliphatic rings. The zero-order valence-corrected chi connectivity index (χ0v) is 10.8. The van der Waals surface area contributed by atoms with Crippen LogP contribution in [-0.2, 0) is 0 Å². The third kappa shape index (κ3) is 2.65. The molecule has 1 fully saturated rings. The largest absolute Gasteiger partial charge is 0.356 e. The van der Waals surface area contributed by atoms with Gasteiger partial charge in [0.2, 0.25) is 0 Å². The number of aryl methyl sites for hydroxylation is 1. The predicted molar refractivity (Wildman–Crippen MR) is 69.5 cm³/mol. The van der Waals surface area contributed by atoms with Crippen LogP contribution in [0.3, 0.4) is 0 Å². The van der Waals surface area contributed by atoms with Gasteiger partial charge in [0.05, 0.1) is 0 Å². The molecule has 3 nitrogen and oxygen atoms in total. The summed E-state index contributed by atoms with van der Waals surface area (Å²) in [7, 11) is 0. The number of piperidine rings is 1. The highest BCUT2D eigenvalue weighted by molar-refractivity contribution is 5.75. The third-order valence-electron chi connectivity index (χ3n) is 3.38. The summed E-state index contributed by atoms with van der Waals surface area (Å²) >= 11 is 0. The maximum Gasteiger partial charge on any atom is 0.151 e.